The lowest BCUT2D eigenvalue weighted by atomic mass is 10.1. The summed E-state index contributed by atoms with van der Waals surface area (Å²) in [6.07, 6.45) is 0.653. The Morgan fingerprint density at radius 3 is 2.31 bits per heavy atom. The second-order valence-corrected chi connectivity index (χ2v) is 8.56. The summed E-state index contributed by atoms with van der Waals surface area (Å²) < 4.78 is 41.6. The first-order chi connectivity index (χ1) is 15.4. The zero-order valence-corrected chi connectivity index (χ0v) is 19.3. The molecule has 0 aliphatic heterocycles. The van der Waals surface area contributed by atoms with Gasteiger partial charge in [0, 0.05) is 24.6 Å². The SMILES string of the molecule is CCONc1ccc(CCOc2cc(OC)cc(OS(=O)(=O)c3ccccc3Cl)c2)cc1. The van der Waals surface area contributed by atoms with E-state index in [1.807, 2.05) is 31.2 Å². The van der Waals surface area contributed by atoms with Crippen LogP contribution < -0.4 is 19.1 Å². The van der Waals surface area contributed by atoms with Crippen molar-refractivity contribution in [2.24, 2.45) is 0 Å². The summed E-state index contributed by atoms with van der Waals surface area (Å²) in [5, 5.41) is 0.0781. The van der Waals surface area contributed by atoms with E-state index in [0.717, 1.165) is 11.3 Å². The molecule has 0 saturated carbocycles. The van der Waals surface area contributed by atoms with Crippen LogP contribution in [0.25, 0.3) is 0 Å². The van der Waals surface area contributed by atoms with Crippen LogP contribution in [0.15, 0.2) is 71.6 Å². The van der Waals surface area contributed by atoms with E-state index in [4.69, 9.17) is 30.1 Å². The third-order valence-electron chi connectivity index (χ3n) is 4.35. The van der Waals surface area contributed by atoms with Crippen LogP contribution in [0.1, 0.15) is 12.5 Å². The van der Waals surface area contributed by atoms with Crippen LogP contribution in [-0.4, -0.2) is 28.7 Å². The van der Waals surface area contributed by atoms with E-state index < -0.39 is 10.1 Å². The first-order valence-corrected chi connectivity index (χ1v) is 11.7. The van der Waals surface area contributed by atoms with Crippen LogP contribution in [0.4, 0.5) is 5.69 Å². The predicted octanol–water partition coefficient (Wildman–Crippen LogP) is 5.10. The highest BCUT2D eigenvalue weighted by Gasteiger charge is 2.20. The molecule has 3 rings (SSSR count). The second kappa shape index (κ2) is 11.1. The predicted molar refractivity (Wildman–Crippen MR) is 123 cm³/mol. The van der Waals surface area contributed by atoms with E-state index >= 15 is 0 Å². The van der Waals surface area contributed by atoms with Gasteiger partial charge in [0.1, 0.15) is 22.1 Å². The molecule has 0 amide bonds. The topological polar surface area (TPSA) is 83.1 Å². The van der Waals surface area contributed by atoms with Gasteiger partial charge in [0.15, 0.2) is 0 Å². The number of benzene rings is 3. The Hall–Kier alpha value is -2.94. The monoisotopic (exact) mass is 477 g/mol. The maximum Gasteiger partial charge on any atom is 0.340 e. The van der Waals surface area contributed by atoms with Crippen molar-refractivity contribution in [2.75, 3.05) is 25.8 Å². The van der Waals surface area contributed by atoms with Gasteiger partial charge in [-0.3, -0.25) is 10.3 Å². The molecule has 0 aromatic heterocycles. The molecule has 170 valence electrons. The molecule has 0 fully saturated rings. The van der Waals surface area contributed by atoms with E-state index in [9.17, 15) is 8.42 Å². The Morgan fingerprint density at radius 1 is 0.938 bits per heavy atom. The Bertz CT molecular complexity index is 1140. The molecule has 0 spiro atoms. The Labute approximate surface area is 192 Å². The smallest absolute Gasteiger partial charge is 0.340 e. The quantitative estimate of drug-likeness (QED) is 0.304. The molecule has 0 aliphatic carbocycles. The molecular weight excluding hydrogens is 454 g/mol. The van der Waals surface area contributed by atoms with E-state index in [-0.39, 0.29) is 15.7 Å². The summed E-state index contributed by atoms with van der Waals surface area (Å²) in [6.45, 7) is 2.85. The standard InChI is InChI=1S/C23H24ClNO6S/c1-3-30-25-18-10-8-17(9-11-18)12-13-29-20-14-19(28-2)15-21(16-20)31-32(26,27)23-7-5-4-6-22(23)24/h4-11,14-16,25H,3,12-13H2,1-2H3. The highest BCUT2D eigenvalue weighted by Crippen LogP contribution is 2.31. The van der Waals surface area contributed by atoms with Gasteiger partial charge >= 0.3 is 10.1 Å². The van der Waals surface area contributed by atoms with Crippen molar-refractivity contribution in [3.05, 3.63) is 77.3 Å². The Kier molecular flexibility index (Phi) is 8.21. The zero-order valence-electron chi connectivity index (χ0n) is 17.7. The van der Waals surface area contributed by atoms with Crippen molar-refractivity contribution in [1.29, 1.82) is 0 Å². The molecule has 32 heavy (non-hydrogen) atoms. The van der Waals surface area contributed by atoms with E-state index in [1.54, 1.807) is 18.2 Å². The van der Waals surface area contributed by atoms with Crippen molar-refractivity contribution in [1.82, 2.24) is 0 Å². The average Bonchev–Trinajstić information content (AvgIpc) is 2.78. The fourth-order valence-electron chi connectivity index (χ4n) is 2.80. The van der Waals surface area contributed by atoms with Crippen LogP contribution in [0, 0.1) is 0 Å². The van der Waals surface area contributed by atoms with Gasteiger partial charge < -0.3 is 13.7 Å². The molecule has 0 aliphatic rings. The molecule has 0 heterocycles. The van der Waals surface area contributed by atoms with Crippen LogP contribution in [0.3, 0.4) is 0 Å². The Morgan fingerprint density at radius 2 is 1.62 bits per heavy atom. The lowest BCUT2D eigenvalue weighted by molar-refractivity contribution is 0.210. The molecule has 7 nitrogen and oxygen atoms in total. The molecule has 0 saturated heterocycles. The first kappa shape index (κ1) is 23.7. The molecule has 0 atom stereocenters. The number of rotatable bonds is 11. The number of anilines is 1. The summed E-state index contributed by atoms with van der Waals surface area (Å²) in [7, 11) is -2.64. The van der Waals surface area contributed by atoms with Crippen LogP contribution in [0.2, 0.25) is 5.02 Å². The molecule has 0 radical (unpaired) electrons. The van der Waals surface area contributed by atoms with E-state index in [0.29, 0.717) is 31.1 Å². The molecule has 0 bridgehead atoms. The minimum Gasteiger partial charge on any atom is -0.496 e. The number of methoxy groups -OCH3 is 1. The Balaban J connectivity index is 1.66. The summed E-state index contributed by atoms with van der Waals surface area (Å²) in [5.41, 5.74) is 4.78. The summed E-state index contributed by atoms with van der Waals surface area (Å²) in [5.74, 6) is 0.882. The van der Waals surface area contributed by atoms with Crippen molar-refractivity contribution in [3.8, 4) is 17.2 Å². The number of ether oxygens (including phenoxy) is 2. The average molecular weight is 478 g/mol. The zero-order chi connectivity index (χ0) is 23.0. The van der Waals surface area contributed by atoms with Gasteiger partial charge in [-0.15, -0.1) is 0 Å². The van der Waals surface area contributed by atoms with Gasteiger partial charge in [0.05, 0.1) is 31.0 Å². The van der Waals surface area contributed by atoms with Gasteiger partial charge in [-0.1, -0.05) is 35.9 Å². The molecule has 1 N–H and O–H groups in total. The second-order valence-electron chi connectivity index (χ2n) is 6.64. The minimum absolute atomic E-state index is 0.0608. The van der Waals surface area contributed by atoms with Crippen molar-refractivity contribution in [2.45, 2.75) is 18.2 Å². The summed E-state index contributed by atoms with van der Waals surface area (Å²) in [6, 6.07) is 18.5. The van der Waals surface area contributed by atoms with Gasteiger partial charge in [-0.05, 0) is 36.8 Å². The number of hydrogen-bond donors (Lipinski definition) is 1. The molecular formula is C23H24ClNO6S. The van der Waals surface area contributed by atoms with Crippen molar-refractivity contribution in [3.63, 3.8) is 0 Å². The normalized spacial score (nSPS) is 11.1. The highest BCUT2D eigenvalue weighted by molar-refractivity contribution is 7.87. The molecule has 9 heteroatoms. The van der Waals surface area contributed by atoms with Crippen LogP contribution >= 0.6 is 11.6 Å². The van der Waals surface area contributed by atoms with E-state index in [2.05, 4.69) is 5.48 Å². The number of hydrogen-bond acceptors (Lipinski definition) is 7. The minimum atomic E-state index is -4.12. The van der Waals surface area contributed by atoms with Gasteiger partial charge in [-0.2, -0.15) is 8.42 Å². The van der Waals surface area contributed by atoms with Gasteiger partial charge in [0.2, 0.25) is 0 Å². The fraction of sp³-hybridized carbons (Fsp3) is 0.217. The maximum atomic E-state index is 12.6. The lowest BCUT2D eigenvalue weighted by Crippen LogP contribution is -2.10. The van der Waals surface area contributed by atoms with Gasteiger partial charge in [0.25, 0.3) is 0 Å². The highest BCUT2D eigenvalue weighted by atomic mass is 35.5. The first-order valence-electron chi connectivity index (χ1n) is 9.89. The number of nitrogens with one attached hydrogen (secondary N) is 1. The molecule has 3 aromatic carbocycles. The van der Waals surface area contributed by atoms with Crippen molar-refractivity contribution < 1.29 is 26.9 Å². The van der Waals surface area contributed by atoms with Crippen molar-refractivity contribution >= 4 is 27.4 Å². The fourth-order valence-corrected chi connectivity index (χ4v) is 4.21. The van der Waals surface area contributed by atoms with Crippen LogP contribution in [-0.2, 0) is 21.4 Å². The summed E-state index contributed by atoms with van der Waals surface area (Å²) in [4.78, 5) is 5.04. The maximum absolute atomic E-state index is 12.6. The number of halogens is 1. The molecule has 0 unspecified atom stereocenters. The third-order valence-corrected chi connectivity index (χ3v) is 6.10. The van der Waals surface area contributed by atoms with Gasteiger partial charge in [-0.25, -0.2) is 0 Å². The summed E-state index contributed by atoms with van der Waals surface area (Å²) >= 11 is 6.01. The lowest BCUT2D eigenvalue weighted by Gasteiger charge is -2.13. The van der Waals surface area contributed by atoms with Crippen LogP contribution in [0.5, 0.6) is 17.2 Å². The third kappa shape index (κ3) is 6.53. The largest absolute Gasteiger partial charge is 0.496 e. The van der Waals surface area contributed by atoms with E-state index in [1.165, 1.54) is 31.4 Å². The molecule has 3 aromatic rings.